The number of pyridine rings is 1. The molecule has 0 aliphatic carbocycles. The maximum atomic E-state index is 5.96. The molecule has 0 saturated carbocycles. The molecule has 2 N–H and O–H groups in total. The first-order valence-corrected chi connectivity index (χ1v) is 5.81. The second kappa shape index (κ2) is 3.84. The number of hydrogen-bond donors (Lipinski definition) is 1. The summed E-state index contributed by atoms with van der Waals surface area (Å²) in [5.74, 6) is 0.800. The van der Waals surface area contributed by atoms with Crippen molar-refractivity contribution in [1.29, 1.82) is 0 Å². The first kappa shape index (κ1) is 10.8. The third kappa shape index (κ3) is 1.54. The summed E-state index contributed by atoms with van der Waals surface area (Å²) in [5, 5.41) is 0. The minimum Gasteiger partial charge on any atom is -0.397 e. The Kier molecular flexibility index (Phi) is 2.30. The van der Waals surface area contributed by atoms with Gasteiger partial charge >= 0.3 is 0 Å². The number of nitrogens with two attached hydrogens (primary N) is 1. The molecule has 4 nitrogen and oxygen atoms in total. The molecule has 3 rings (SSSR count). The zero-order valence-electron chi connectivity index (χ0n) is 10.4. The zero-order valence-corrected chi connectivity index (χ0v) is 10.4. The number of anilines is 1. The van der Waals surface area contributed by atoms with Gasteiger partial charge in [0.15, 0.2) is 5.82 Å². The van der Waals surface area contributed by atoms with E-state index in [9.17, 15) is 0 Å². The summed E-state index contributed by atoms with van der Waals surface area (Å²) in [4.78, 5) is 8.94. The molecule has 3 aromatic rings. The third-order valence-corrected chi connectivity index (χ3v) is 3.09. The molecule has 2 aromatic heterocycles. The van der Waals surface area contributed by atoms with Gasteiger partial charge in [-0.3, -0.25) is 4.98 Å². The van der Waals surface area contributed by atoms with E-state index in [0.717, 1.165) is 22.6 Å². The largest absolute Gasteiger partial charge is 0.397 e. The lowest BCUT2D eigenvalue weighted by Crippen LogP contribution is -1.98. The van der Waals surface area contributed by atoms with Crippen LogP contribution in [-0.4, -0.2) is 14.5 Å². The van der Waals surface area contributed by atoms with Gasteiger partial charge in [0.2, 0.25) is 0 Å². The average Bonchev–Trinajstić information content (AvgIpc) is 2.67. The molecule has 2 heterocycles. The summed E-state index contributed by atoms with van der Waals surface area (Å²) in [6.07, 6.45) is 1.73. The molecule has 4 heteroatoms. The van der Waals surface area contributed by atoms with Gasteiger partial charge in [0.1, 0.15) is 5.69 Å². The molecular formula is C14H14N4. The van der Waals surface area contributed by atoms with Crippen molar-refractivity contribution in [2.75, 3.05) is 5.73 Å². The van der Waals surface area contributed by atoms with E-state index < -0.39 is 0 Å². The van der Waals surface area contributed by atoms with Gasteiger partial charge in [-0.15, -0.1) is 0 Å². The summed E-state index contributed by atoms with van der Waals surface area (Å²) < 4.78 is 2.02. The molecule has 90 valence electrons. The second-order valence-corrected chi connectivity index (χ2v) is 4.43. The predicted octanol–water partition coefficient (Wildman–Crippen LogP) is 2.53. The molecular weight excluding hydrogens is 224 g/mol. The minimum absolute atomic E-state index is 0.646. The number of aryl methyl sites for hydroxylation is 2. The molecule has 18 heavy (non-hydrogen) atoms. The summed E-state index contributed by atoms with van der Waals surface area (Å²) in [6.45, 7) is 2.06. The van der Waals surface area contributed by atoms with Crippen molar-refractivity contribution < 1.29 is 0 Å². The molecule has 0 spiro atoms. The van der Waals surface area contributed by atoms with Gasteiger partial charge in [-0.05, 0) is 36.8 Å². The molecule has 1 aromatic carbocycles. The van der Waals surface area contributed by atoms with E-state index in [1.807, 2.05) is 23.7 Å². The van der Waals surface area contributed by atoms with Crippen LogP contribution in [0.5, 0.6) is 0 Å². The maximum Gasteiger partial charge on any atom is 0.161 e. The highest BCUT2D eigenvalue weighted by Crippen LogP contribution is 2.26. The van der Waals surface area contributed by atoms with E-state index in [2.05, 4.69) is 35.1 Å². The van der Waals surface area contributed by atoms with Crippen LogP contribution in [0.3, 0.4) is 0 Å². The molecule has 0 fully saturated rings. The molecule has 0 unspecified atom stereocenters. The Labute approximate surface area is 105 Å². The lowest BCUT2D eigenvalue weighted by atomic mass is 10.2. The van der Waals surface area contributed by atoms with E-state index in [1.165, 1.54) is 5.56 Å². The van der Waals surface area contributed by atoms with Crippen LogP contribution in [0.25, 0.3) is 22.6 Å². The number of rotatable bonds is 1. The van der Waals surface area contributed by atoms with Crippen LogP contribution in [0.1, 0.15) is 5.56 Å². The highest BCUT2D eigenvalue weighted by Gasteiger charge is 2.12. The molecule has 0 bridgehead atoms. The first-order chi connectivity index (χ1) is 8.66. The van der Waals surface area contributed by atoms with E-state index >= 15 is 0 Å². The summed E-state index contributed by atoms with van der Waals surface area (Å²) in [7, 11) is 1.98. The fraction of sp³-hybridized carbons (Fsp3) is 0.143. The summed E-state index contributed by atoms with van der Waals surface area (Å²) in [6, 6.07) is 9.88. The van der Waals surface area contributed by atoms with Crippen molar-refractivity contribution in [3.63, 3.8) is 0 Å². The molecule has 0 aliphatic rings. The molecule has 0 atom stereocenters. The number of imidazole rings is 1. The topological polar surface area (TPSA) is 56.7 Å². The van der Waals surface area contributed by atoms with Crippen molar-refractivity contribution >= 4 is 16.7 Å². The van der Waals surface area contributed by atoms with Crippen molar-refractivity contribution in [3.8, 4) is 11.5 Å². The monoisotopic (exact) mass is 238 g/mol. The van der Waals surface area contributed by atoms with Crippen LogP contribution in [0, 0.1) is 6.92 Å². The Morgan fingerprint density at radius 1 is 1.22 bits per heavy atom. The fourth-order valence-corrected chi connectivity index (χ4v) is 2.13. The Morgan fingerprint density at radius 2 is 2.06 bits per heavy atom. The number of benzene rings is 1. The van der Waals surface area contributed by atoms with Crippen molar-refractivity contribution in [1.82, 2.24) is 14.5 Å². The Bertz CT molecular complexity index is 728. The van der Waals surface area contributed by atoms with Gasteiger partial charge < -0.3 is 10.3 Å². The van der Waals surface area contributed by atoms with E-state index in [1.54, 1.807) is 6.20 Å². The zero-order chi connectivity index (χ0) is 12.7. The number of aromatic nitrogens is 3. The van der Waals surface area contributed by atoms with Gasteiger partial charge in [-0.2, -0.15) is 0 Å². The highest BCUT2D eigenvalue weighted by atomic mass is 15.1. The Morgan fingerprint density at radius 3 is 2.83 bits per heavy atom. The molecule has 0 radical (unpaired) electrons. The van der Waals surface area contributed by atoms with Gasteiger partial charge in [-0.1, -0.05) is 6.07 Å². The molecule has 0 amide bonds. The van der Waals surface area contributed by atoms with Crippen LogP contribution in [0.4, 0.5) is 5.69 Å². The van der Waals surface area contributed by atoms with Gasteiger partial charge in [0.05, 0.1) is 16.7 Å². The fourth-order valence-electron chi connectivity index (χ4n) is 2.13. The normalized spacial score (nSPS) is 11.0. The number of hydrogen-bond acceptors (Lipinski definition) is 3. The van der Waals surface area contributed by atoms with Gasteiger partial charge in [0.25, 0.3) is 0 Å². The van der Waals surface area contributed by atoms with Crippen molar-refractivity contribution in [3.05, 3.63) is 42.1 Å². The third-order valence-electron chi connectivity index (χ3n) is 3.09. The number of nitrogen functional groups attached to an aromatic ring is 1. The van der Waals surface area contributed by atoms with E-state index in [0.29, 0.717) is 5.69 Å². The van der Waals surface area contributed by atoms with E-state index in [4.69, 9.17) is 5.73 Å². The number of fused-ring (bicyclic) bond motifs is 1. The van der Waals surface area contributed by atoms with Crippen molar-refractivity contribution in [2.45, 2.75) is 6.92 Å². The lowest BCUT2D eigenvalue weighted by molar-refractivity contribution is 0.951. The van der Waals surface area contributed by atoms with Crippen LogP contribution >= 0.6 is 0 Å². The SMILES string of the molecule is Cc1ccc2c(c1)nc(-c1ncccc1N)n2C. The number of nitrogens with zero attached hydrogens (tertiary/aromatic N) is 3. The van der Waals surface area contributed by atoms with Crippen LogP contribution < -0.4 is 5.73 Å². The Hall–Kier alpha value is -2.36. The quantitative estimate of drug-likeness (QED) is 0.708. The minimum atomic E-state index is 0.646. The van der Waals surface area contributed by atoms with Gasteiger partial charge in [0, 0.05) is 13.2 Å². The molecule has 0 aliphatic heterocycles. The lowest BCUT2D eigenvalue weighted by Gasteiger charge is -2.04. The standard InChI is InChI=1S/C14H14N4/c1-9-5-6-12-11(8-9)17-14(18(12)2)13-10(15)4-3-7-16-13/h3-8H,15H2,1-2H3. The second-order valence-electron chi connectivity index (χ2n) is 4.43. The van der Waals surface area contributed by atoms with Crippen LogP contribution in [0.2, 0.25) is 0 Å². The summed E-state index contributed by atoms with van der Waals surface area (Å²) in [5.41, 5.74) is 10.6. The Balaban J connectivity index is 2.31. The van der Waals surface area contributed by atoms with E-state index in [-0.39, 0.29) is 0 Å². The van der Waals surface area contributed by atoms with Crippen LogP contribution in [-0.2, 0) is 7.05 Å². The van der Waals surface area contributed by atoms with Crippen molar-refractivity contribution in [2.24, 2.45) is 7.05 Å². The first-order valence-electron chi connectivity index (χ1n) is 5.81. The maximum absolute atomic E-state index is 5.96. The highest BCUT2D eigenvalue weighted by molar-refractivity contribution is 5.82. The molecule has 0 saturated heterocycles. The summed E-state index contributed by atoms with van der Waals surface area (Å²) >= 11 is 0. The van der Waals surface area contributed by atoms with Crippen LogP contribution in [0.15, 0.2) is 36.5 Å². The smallest absolute Gasteiger partial charge is 0.161 e. The average molecular weight is 238 g/mol. The predicted molar refractivity (Wildman–Crippen MR) is 73.1 cm³/mol. The van der Waals surface area contributed by atoms with Gasteiger partial charge in [-0.25, -0.2) is 4.98 Å².